The largest absolute Gasteiger partial charge is 0.405 e. The molecule has 1 fully saturated rings. The van der Waals surface area contributed by atoms with Crippen molar-refractivity contribution in [1.82, 2.24) is 15.2 Å². The number of amides is 3. The fourth-order valence-corrected chi connectivity index (χ4v) is 4.18. The Bertz CT molecular complexity index is 1010. The highest BCUT2D eigenvalue weighted by Gasteiger charge is 2.35. The van der Waals surface area contributed by atoms with Gasteiger partial charge in [-0.2, -0.15) is 13.2 Å². The van der Waals surface area contributed by atoms with Crippen molar-refractivity contribution >= 4 is 46.0 Å². The second-order valence-corrected chi connectivity index (χ2v) is 7.94. The summed E-state index contributed by atoms with van der Waals surface area (Å²) >= 11 is 1.23. The standard InChI is InChI=1S/C21H21F3N4O3S/c1-14(29)28(16-6-3-2-4-7-16)20-26-15(12-32-20)9-10-18(30)27-11-5-8-17(27)19(31)25-13-21(22,23)24/h2-4,6-7,9-10,12,17H,5,8,11,13H2,1H3,(H,25,31). The second kappa shape index (κ2) is 9.94. The maximum atomic E-state index is 12.6. The van der Waals surface area contributed by atoms with Gasteiger partial charge in [-0.25, -0.2) is 4.98 Å². The zero-order chi connectivity index (χ0) is 23.3. The van der Waals surface area contributed by atoms with E-state index in [1.807, 2.05) is 11.4 Å². The van der Waals surface area contributed by atoms with E-state index in [2.05, 4.69) is 4.98 Å². The van der Waals surface area contributed by atoms with E-state index in [4.69, 9.17) is 0 Å². The van der Waals surface area contributed by atoms with Crippen LogP contribution in [0.1, 0.15) is 25.5 Å². The normalized spacial score (nSPS) is 16.4. The molecule has 3 rings (SSSR count). The molecule has 0 radical (unpaired) electrons. The van der Waals surface area contributed by atoms with Gasteiger partial charge in [0.1, 0.15) is 12.6 Å². The maximum Gasteiger partial charge on any atom is 0.405 e. The van der Waals surface area contributed by atoms with Crippen LogP contribution in [0.25, 0.3) is 6.08 Å². The van der Waals surface area contributed by atoms with Gasteiger partial charge in [0.15, 0.2) is 5.13 Å². The number of alkyl halides is 3. The van der Waals surface area contributed by atoms with Crippen LogP contribution in [-0.4, -0.2) is 52.9 Å². The summed E-state index contributed by atoms with van der Waals surface area (Å²) in [6, 6.07) is 8.05. The molecule has 32 heavy (non-hydrogen) atoms. The molecule has 0 spiro atoms. The van der Waals surface area contributed by atoms with Gasteiger partial charge in [-0.3, -0.25) is 19.3 Å². The van der Waals surface area contributed by atoms with Gasteiger partial charge >= 0.3 is 6.18 Å². The molecule has 11 heteroatoms. The summed E-state index contributed by atoms with van der Waals surface area (Å²) in [5.41, 5.74) is 1.10. The van der Waals surface area contributed by atoms with E-state index < -0.39 is 30.6 Å². The predicted molar refractivity (Wildman–Crippen MR) is 114 cm³/mol. The minimum atomic E-state index is -4.52. The van der Waals surface area contributed by atoms with Crippen LogP contribution in [0.3, 0.4) is 0 Å². The molecule has 0 aliphatic carbocycles. The number of rotatable bonds is 6. The van der Waals surface area contributed by atoms with Crippen molar-refractivity contribution in [2.45, 2.75) is 32.0 Å². The molecule has 1 aromatic heterocycles. The van der Waals surface area contributed by atoms with Crippen LogP contribution >= 0.6 is 11.3 Å². The van der Waals surface area contributed by atoms with Gasteiger partial charge in [-0.05, 0) is 31.1 Å². The average molecular weight is 466 g/mol. The van der Waals surface area contributed by atoms with Crippen molar-refractivity contribution in [1.29, 1.82) is 0 Å². The molecule has 170 valence electrons. The van der Waals surface area contributed by atoms with Crippen LogP contribution in [0.5, 0.6) is 0 Å². The summed E-state index contributed by atoms with van der Waals surface area (Å²) in [4.78, 5) is 43.8. The van der Waals surface area contributed by atoms with Crippen LogP contribution in [-0.2, 0) is 14.4 Å². The first kappa shape index (κ1) is 23.5. The molecule has 1 aromatic carbocycles. The highest BCUT2D eigenvalue weighted by Crippen LogP contribution is 2.29. The van der Waals surface area contributed by atoms with E-state index >= 15 is 0 Å². The van der Waals surface area contributed by atoms with Crippen molar-refractivity contribution in [2.75, 3.05) is 18.0 Å². The number of nitrogens with zero attached hydrogens (tertiary/aromatic N) is 3. The van der Waals surface area contributed by atoms with E-state index in [-0.39, 0.29) is 12.5 Å². The number of carbonyl (C=O) groups is 3. The molecule has 1 unspecified atom stereocenters. The Morgan fingerprint density at radius 3 is 2.66 bits per heavy atom. The van der Waals surface area contributed by atoms with E-state index in [9.17, 15) is 27.6 Å². The third-order valence-corrected chi connectivity index (χ3v) is 5.57. The number of halogens is 3. The van der Waals surface area contributed by atoms with E-state index in [0.29, 0.717) is 29.4 Å². The van der Waals surface area contributed by atoms with Gasteiger partial charge in [0.05, 0.1) is 11.4 Å². The predicted octanol–water partition coefficient (Wildman–Crippen LogP) is 3.51. The summed E-state index contributed by atoms with van der Waals surface area (Å²) in [6.07, 6.45) is -1.01. The average Bonchev–Trinajstić information content (AvgIpc) is 3.40. The lowest BCUT2D eigenvalue weighted by atomic mass is 10.2. The number of thiazole rings is 1. The molecule has 2 heterocycles. The number of aromatic nitrogens is 1. The summed E-state index contributed by atoms with van der Waals surface area (Å²) < 4.78 is 37.0. The Morgan fingerprint density at radius 2 is 2.00 bits per heavy atom. The lowest BCUT2D eigenvalue weighted by Gasteiger charge is -2.22. The Morgan fingerprint density at radius 1 is 1.28 bits per heavy atom. The number of hydrogen-bond donors (Lipinski definition) is 1. The van der Waals surface area contributed by atoms with Crippen LogP contribution in [0.4, 0.5) is 24.0 Å². The van der Waals surface area contributed by atoms with Crippen LogP contribution in [0.2, 0.25) is 0 Å². The minimum Gasteiger partial charge on any atom is -0.345 e. The molecule has 1 saturated heterocycles. The number of benzene rings is 1. The summed E-state index contributed by atoms with van der Waals surface area (Å²) in [5, 5.41) is 3.94. The van der Waals surface area contributed by atoms with Crippen LogP contribution in [0, 0.1) is 0 Å². The Hall–Kier alpha value is -3.21. The van der Waals surface area contributed by atoms with Crippen molar-refractivity contribution in [2.24, 2.45) is 0 Å². The minimum absolute atomic E-state index is 0.220. The molecule has 0 saturated carbocycles. The Labute approximate surface area is 186 Å². The van der Waals surface area contributed by atoms with E-state index in [1.165, 1.54) is 40.2 Å². The summed E-state index contributed by atoms with van der Waals surface area (Å²) in [5.74, 6) is -1.53. The first-order chi connectivity index (χ1) is 15.2. The third-order valence-electron chi connectivity index (χ3n) is 4.73. The quantitative estimate of drug-likeness (QED) is 0.661. The van der Waals surface area contributed by atoms with Crippen molar-refractivity contribution < 1.29 is 27.6 Å². The Kier molecular flexibility index (Phi) is 7.29. The maximum absolute atomic E-state index is 12.6. The molecule has 3 amide bonds. The van der Waals surface area contributed by atoms with Crippen molar-refractivity contribution in [3.63, 3.8) is 0 Å². The zero-order valence-corrected chi connectivity index (χ0v) is 17.9. The molecular formula is C21H21F3N4O3S. The molecule has 7 nitrogen and oxygen atoms in total. The number of hydrogen-bond acceptors (Lipinski definition) is 5. The second-order valence-electron chi connectivity index (χ2n) is 7.10. The monoisotopic (exact) mass is 466 g/mol. The van der Waals surface area contributed by atoms with Crippen LogP contribution < -0.4 is 10.2 Å². The lowest BCUT2D eigenvalue weighted by Crippen LogP contribution is -2.47. The van der Waals surface area contributed by atoms with Gasteiger partial charge in [0.25, 0.3) is 0 Å². The zero-order valence-electron chi connectivity index (χ0n) is 17.1. The smallest absolute Gasteiger partial charge is 0.345 e. The molecule has 1 aliphatic rings. The first-order valence-electron chi connectivity index (χ1n) is 9.80. The lowest BCUT2D eigenvalue weighted by molar-refractivity contribution is -0.143. The number of nitrogens with one attached hydrogen (secondary N) is 1. The molecule has 2 aromatic rings. The fourth-order valence-electron chi connectivity index (χ4n) is 3.32. The van der Waals surface area contributed by atoms with Crippen molar-refractivity contribution in [3.8, 4) is 0 Å². The third kappa shape index (κ3) is 5.94. The molecule has 0 bridgehead atoms. The summed E-state index contributed by atoms with van der Waals surface area (Å²) in [7, 11) is 0. The summed E-state index contributed by atoms with van der Waals surface area (Å²) in [6.45, 7) is 0.266. The van der Waals surface area contributed by atoms with Gasteiger partial charge in [-0.1, -0.05) is 18.2 Å². The number of para-hydroxylation sites is 1. The molecule has 1 atom stereocenters. The molecule has 1 aliphatic heterocycles. The van der Waals surface area contributed by atoms with E-state index in [1.54, 1.807) is 29.6 Å². The van der Waals surface area contributed by atoms with Gasteiger partial charge < -0.3 is 10.2 Å². The fraction of sp³-hybridized carbons (Fsp3) is 0.333. The van der Waals surface area contributed by atoms with Gasteiger partial charge in [-0.15, -0.1) is 11.3 Å². The number of carbonyl (C=O) groups excluding carboxylic acids is 3. The highest BCUT2D eigenvalue weighted by atomic mass is 32.1. The number of likely N-dealkylation sites (tertiary alicyclic amines) is 1. The molecule has 1 N–H and O–H groups in total. The van der Waals surface area contributed by atoms with Crippen LogP contribution in [0.15, 0.2) is 41.8 Å². The molecular weight excluding hydrogens is 445 g/mol. The van der Waals surface area contributed by atoms with Gasteiger partial charge in [0, 0.05) is 24.9 Å². The van der Waals surface area contributed by atoms with E-state index in [0.717, 1.165) is 0 Å². The highest BCUT2D eigenvalue weighted by molar-refractivity contribution is 7.14. The van der Waals surface area contributed by atoms with Crippen molar-refractivity contribution in [3.05, 3.63) is 47.5 Å². The topological polar surface area (TPSA) is 82.6 Å². The Balaban J connectivity index is 1.67. The SMILES string of the molecule is CC(=O)N(c1ccccc1)c1nc(C=CC(=O)N2CCCC2C(=O)NCC(F)(F)F)cs1. The number of anilines is 2. The first-order valence-corrected chi connectivity index (χ1v) is 10.7. The van der Waals surface area contributed by atoms with Gasteiger partial charge in [0.2, 0.25) is 17.7 Å².